The minimum absolute atomic E-state index is 0.136. The molecule has 2 spiro atoms. The Kier molecular flexibility index (Phi) is 4.79. The molecule has 1 amide bonds. The van der Waals surface area contributed by atoms with Gasteiger partial charge in [-0.3, -0.25) is 9.69 Å². The number of carbonyl (C=O) groups excluding carboxylic acids is 1. The van der Waals surface area contributed by atoms with Crippen LogP contribution in [0.2, 0.25) is 0 Å². The van der Waals surface area contributed by atoms with Crippen LogP contribution in [-0.2, 0) is 23.2 Å². The number of hydrogen-bond donors (Lipinski definition) is 2. The molecule has 2 fully saturated rings. The van der Waals surface area contributed by atoms with Crippen LogP contribution in [0.5, 0.6) is 11.5 Å². The molecule has 8 rings (SSSR count). The van der Waals surface area contributed by atoms with Crippen molar-refractivity contribution >= 4 is 5.91 Å². The molecule has 6 aliphatic rings. The molecule has 0 aromatic heterocycles. The van der Waals surface area contributed by atoms with Crippen LogP contribution >= 0.6 is 0 Å². The van der Waals surface area contributed by atoms with Crippen LogP contribution in [0.25, 0.3) is 0 Å². The maximum absolute atomic E-state index is 14.1. The summed E-state index contributed by atoms with van der Waals surface area (Å²) >= 11 is 0. The number of ether oxygens (including phenoxy) is 1. The average Bonchev–Trinajstić information content (AvgIpc) is 3.25. The number of fused-ring (bicyclic) bond motifs is 1. The number of likely N-dealkylation sites (tertiary alicyclic amines) is 1. The predicted molar refractivity (Wildman–Crippen MR) is 140 cm³/mol. The van der Waals surface area contributed by atoms with Gasteiger partial charge in [-0.25, -0.2) is 0 Å². The summed E-state index contributed by atoms with van der Waals surface area (Å²) in [5.41, 5.74) is 1.70. The molecule has 6 heteroatoms. The standard InChI is InChI=1S/C31H36N2O4/c1-19(2)17-33-14-13-30-25-21-9-10-23(34)26(25)37-28(30)31(36)12-11-29(30,24(33)15-21)16-22(31)27(35)32(3)18-20-7-5-4-6-8-20/h4-10,16,19,24,28,34,36H,11-15,17-18H2,1-3H3/t24-,28-,29-,30+,31-/m1/s1. The van der Waals surface area contributed by atoms with Gasteiger partial charge in [0, 0.05) is 42.7 Å². The Hall–Kier alpha value is -2.83. The number of rotatable bonds is 5. The van der Waals surface area contributed by atoms with Crippen molar-refractivity contribution in [3.63, 3.8) is 0 Å². The van der Waals surface area contributed by atoms with Crippen molar-refractivity contribution in [3.05, 3.63) is 70.8 Å². The number of nitrogens with zero attached hydrogens (tertiary/aromatic N) is 2. The van der Waals surface area contributed by atoms with Gasteiger partial charge in [-0.05, 0) is 55.3 Å². The number of carbonyl (C=O) groups is 1. The molecule has 4 bridgehead atoms. The van der Waals surface area contributed by atoms with Crippen LogP contribution in [0.15, 0.2) is 54.1 Å². The second-order valence-electron chi connectivity index (χ2n) is 12.4. The Morgan fingerprint density at radius 1 is 1.16 bits per heavy atom. The number of benzene rings is 2. The molecular weight excluding hydrogens is 464 g/mol. The summed E-state index contributed by atoms with van der Waals surface area (Å²) in [7, 11) is 1.82. The number of likely N-dealkylation sites (N-methyl/N-ethyl adjacent to an activating group) is 1. The summed E-state index contributed by atoms with van der Waals surface area (Å²) in [5, 5.41) is 23.3. The lowest BCUT2D eigenvalue weighted by atomic mass is 9.38. The molecule has 2 heterocycles. The average molecular weight is 501 g/mol. The Bertz CT molecular complexity index is 1320. The number of piperidine rings is 1. The first kappa shape index (κ1) is 23.3. The quantitative estimate of drug-likeness (QED) is 0.654. The SMILES string of the molecule is CC(C)CN1CC[C@]23c4c5ccc(O)c4O[C@H]2[C@@]2(O)CC[C@@]3(C=C2C(=O)N(C)Cc2ccccc2)[C@H]1C5. The molecule has 194 valence electrons. The van der Waals surface area contributed by atoms with Crippen LogP contribution < -0.4 is 4.74 Å². The first-order valence-corrected chi connectivity index (χ1v) is 13.7. The van der Waals surface area contributed by atoms with Gasteiger partial charge in [-0.1, -0.05) is 56.3 Å². The van der Waals surface area contributed by atoms with E-state index in [1.54, 1.807) is 11.0 Å². The third-order valence-electron chi connectivity index (χ3n) is 10.1. The highest BCUT2D eigenvalue weighted by molar-refractivity contribution is 5.97. The zero-order valence-electron chi connectivity index (χ0n) is 21.9. The minimum atomic E-state index is -1.39. The molecule has 2 aliphatic heterocycles. The first-order chi connectivity index (χ1) is 17.7. The molecule has 5 atom stereocenters. The van der Waals surface area contributed by atoms with Crippen LogP contribution in [0.4, 0.5) is 0 Å². The summed E-state index contributed by atoms with van der Waals surface area (Å²) in [5.74, 6) is 1.06. The van der Waals surface area contributed by atoms with Gasteiger partial charge in [-0.2, -0.15) is 0 Å². The Morgan fingerprint density at radius 3 is 2.70 bits per heavy atom. The van der Waals surface area contributed by atoms with Gasteiger partial charge in [0.2, 0.25) is 0 Å². The summed E-state index contributed by atoms with van der Waals surface area (Å²) in [6.07, 6.45) is 4.63. The summed E-state index contributed by atoms with van der Waals surface area (Å²) < 4.78 is 6.61. The molecule has 1 saturated heterocycles. The molecule has 6 nitrogen and oxygen atoms in total. The largest absolute Gasteiger partial charge is 0.504 e. The van der Waals surface area contributed by atoms with Gasteiger partial charge >= 0.3 is 0 Å². The maximum Gasteiger partial charge on any atom is 0.252 e. The van der Waals surface area contributed by atoms with Crippen LogP contribution in [-0.4, -0.2) is 63.8 Å². The molecule has 1 saturated carbocycles. The first-order valence-electron chi connectivity index (χ1n) is 13.7. The minimum Gasteiger partial charge on any atom is -0.504 e. The number of amides is 1. The van der Waals surface area contributed by atoms with Gasteiger partial charge in [0.05, 0.1) is 5.41 Å². The van der Waals surface area contributed by atoms with Crippen LogP contribution in [0.1, 0.15) is 49.8 Å². The summed E-state index contributed by atoms with van der Waals surface area (Å²) in [4.78, 5) is 18.4. The molecule has 37 heavy (non-hydrogen) atoms. The highest BCUT2D eigenvalue weighted by atomic mass is 16.5. The van der Waals surface area contributed by atoms with E-state index in [-0.39, 0.29) is 23.1 Å². The van der Waals surface area contributed by atoms with Crippen molar-refractivity contribution in [2.24, 2.45) is 11.3 Å². The van der Waals surface area contributed by atoms with E-state index in [1.807, 2.05) is 37.4 Å². The second-order valence-corrected chi connectivity index (χ2v) is 12.4. The lowest BCUT2D eigenvalue weighted by Gasteiger charge is -2.70. The maximum atomic E-state index is 14.1. The predicted octanol–water partition coefficient (Wildman–Crippen LogP) is 3.79. The molecule has 0 radical (unpaired) electrons. The van der Waals surface area contributed by atoms with E-state index in [1.165, 1.54) is 5.56 Å². The van der Waals surface area contributed by atoms with E-state index in [0.29, 0.717) is 30.2 Å². The van der Waals surface area contributed by atoms with Crippen molar-refractivity contribution in [1.82, 2.24) is 9.80 Å². The van der Waals surface area contributed by atoms with E-state index in [9.17, 15) is 15.0 Å². The number of phenolic OH excluding ortho intramolecular Hbond substituents is 1. The Morgan fingerprint density at radius 2 is 1.95 bits per heavy atom. The zero-order valence-corrected chi connectivity index (χ0v) is 21.9. The smallest absolute Gasteiger partial charge is 0.252 e. The fraction of sp³-hybridized carbons (Fsp3) is 0.516. The van der Waals surface area contributed by atoms with Gasteiger partial charge in [0.25, 0.3) is 5.91 Å². The molecule has 2 aromatic rings. The number of aromatic hydroxyl groups is 1. The van der Waals surface area contributed by atoms with Crippen molar-refractivity contribution < 1.29 is 19.7 Å². The Labute approximate surface area is 218 Å². The summed E-state index contributed by atoms with van der Waals surface area (Å²) in [6.45, 7) is 6.94. The van der Waals surface area contributed by atoms with E-state index in [0.717, 1.165) is 43.5 Å². The van der Waals surface area contributed by atoms with Crippen LogP contribution in [0, 0.1) is 11.3 Å². The molecule has 0 unspecified atom stereocenters. The van der Waals surface area contributed by atoms with Crippen LogP contribution in [0.3, 0.4) is 0 Å². The normalized spacial score (nSPS) is 34.7. The number of aliphatic hydroxyl groups is 1. The Balaban J connectivity index is 1.39. The highest BCUT2D eigenvalue weighted by Crippen LogP contribution is 2.74. The third-order valence-corrected chi connectivity index (χ3v) is 10.1. The highest BCUT2D eigenvalue weighted by Gasteiger charge is 2.78. The fourth-order valence-corrected chi connectivity index (χ4v) is 8.77. The molecule has 4 aliphatic carbocycles. The second kappa shape index (κ2) is 7.61. The van der Waals surface area contributed by atoms with Crippen molar-refractivity contribution in [2.45, 2.75) is 69.2 Å². The topological polar surface area (TPSA) is 73.2 Å². The molecule has 2 N–H and O–H groups in total. The number of phenols is 1. The fourth-order valence-electron chi connectivity index (χ4n) is 8.77. The zero-order chi connectivity index (χ0) is 25.7. The van der Waals surface area contributed by atoms with E-state index in [2.05, 4.69) is 30.9 Å². The summed E-state index contributed by atoms with van der Waals surface area (Å²) in [6, 6.07) is 14.0. The van der Waals surface area contributed by atoms with E-state index in [4.69, 9.17) is 4.74 Å². The van der Waals surface area contributed by atoms with Gasteiger partial charge < -0.3 is 19.8 Å². The lowest BCUT2D eigenvalue weighted by molar-refractivity contribution is -0.188. The van der Waals surface area contributed by atoms with Gasteiger partial charge in [0.15, 0.2) is 11.5 Å². The monoisotopic (exact) mass is 500 g/mol. The van der Waals surface area contributed by atoms with E-state index >= 15 is 0 Å². The van der Waals surface area contributed by atoms with Crippen molar-refractivity contribution in [1.29, 1.82) is 0 Å². The van der Waals surface area contributed by atoms with Gasteiger partial charge in [-0.15, -0.1) is 0 Å². The number of hydrogen-bond acceptors (Lipinski definition) is 5. The van der Waals surface area contributed by atoms with E-state index < -0.39 is 17.1 Å². The van der Waals surface area contributed by atoms with Crippen molar-refractivity contribution in [2.75, 3.05) is 20.1 Å². The molecular formula is C31H36N2O4. The lowest BCUT2D eigenvalue weighted by Crippen LogP contribution is -2.78. The van der Waals surface area contributed by atoms with Gasteiger partial charge in [0.1, 0.15) is 11.7 Å². The molecule has 2 aromatic carbocycles. The van der Waals surface area contributed by atoms with Crippen molar-refractivity contribution in [3.8, 4) is 11.5 Å². The third kappa shape index (κ3) is 2.81.